The van der Waals surface area contributed by atoms with E-state index in [0.717, 1.165) is 11.5 Å². The van der Waals surface area contributed by atoms with Crippen molar-refractivity contribution in [3.8, 4) is 0 Å². The minimum atomic E-state index is 0.773. The Balaban J connectivity index is 2.10. The van der Waals surface area contributed by atoms with E-state index in [0.29, 0.717) is 0 Å². The first-order valence-electron chi connectivity index (χ1n) is 4.45. The number of hydrogen-bond acceptors (Lipinski definition) is 1. The van der Waals surface area contributed by atoms with Crippen molar-refractivity contribution in [2.24, 2.45) is 5.41 Å². The first-order chi connectivity index (χ1) is 4.75. The number of nitrogens with zero attached hydrogens (tertiary/aromatic N) is 1. The number of hydrogen-bond donors (Lipinski definition) is 0. The molecular weight excluding hydrogens is 122 g/mol. The molecule has 2 fully saturated rings. The van der Waals surface area contributed by atoms with E-state index in [-0.39, 0.29) is 0 Å². The summed E-state index contributed by atoms with van der Waals surface area (Å²) in [6.45, 7) is 3.73. The van der Waals surface area contributed by atoms with Crippen LogP contribution < -0.4 is 0 Å². The van der Waals surface area contributed by atoms with E-state index in [1.807, 2.05) is 0 Å². The molecule has 0 amide bonds. The first kappa shape index (κ1) is 6.66. The van der Waals surface area contributed by atoms with Crippen LogP contribution >= 0.6 is 0 Å². The van der Waals surface area contributed by atoms with Gasteiger partial charge >= 0.3 is 0 Å². The van der Waals surface area contributed by atoms with Crippen LogP contribution in [0, 0.1) is 5.41 Å². The molecular formula is C9H17N. The van der Waals surface area contributed by atoms with E-state index in [1.54, 1.807) is 0 Å². The predicted molar refractivity (Wildman–Crippen MR) is 43.0 cm³/mol. The molecule has 58 valence electrons. The molecule has 0 bridgehead atoms. The lowest BCUT2D eigenvalue weighted by atomic mass is 9.64. The van der Waals surface area contributed by atoms with Crippen molar-refractivity contribution in [3.05, 3.63) is 0 Å². The van der Waals surface area contributed by atoms with Crippen molar-refractivity contribution in [2.45, 2.75) is 38.6 Å². The maximum Gasteiger partial charge on any atom is 0.0121 e. The highest BCUT2D eigenvalue weighted by Crippen LogP contribution is 2.51. The molecule has 1 atom stereocenters. The van der Waals surface area contributed by atoms with E-state index >= 15 is 0 Å². The Kier molecular flexibility index (Phi) is 1.31. The van der Waals surface area contributed by atoms with Gasteiger partial charge in [0.2, 0.25) is 0 Å². The SMILES string of the molecule is CC1N(C)CCC12CCC2. The van der Waals surface area contributed by atoms with Crippen LogP contribution in [0.2, 0.25) is 0 Å². The number of rotatable bonds is 0. The second-order valence-corrected chi connectivity index (χ2v) is 4.12. The molecule has 2 aliphatic rings. The molecule has 2 rings (SSSR count). The van der Waals surface area contributed by atoms with Crippen LogP contribution in [0.4, 0.5) is 0 Å². The average Bonchev–Trinajstić information content (AvgIpc) is 2.10. The van der Waals surface area contributed by atoms with E-state index in [1.165, 1.54) is 32.2 Å². The van der Waals surface area contributed by atoms with Gasteiger partial charge in [-0.1, -0.05) is 6.42 Å². The normalized spacial score (nSPS) is 38.4. The Morgan fingerprint density at radius 1 is 1.30 bits per heavy atom. The molecule has 1 saturated heterocycles. The standard InChI is InChI=1S/C9H17N/c1-8-9(4-3-5-9)6-7-10(8)2/h8H,3-7H2,1-2H3. The third-order valence-corrected chi connectivity index (χ3v) is 3.86. The van der Waals surface area contributed by atoms with Gasteiger partial charge in [0, 0.05) is 6.04 Å². The van der Waals surface area contributed by atoms with E-state index < -0.39 is 0 Å². The summed E-state index contributed by atoms with van der Waals surface area (Å²) in [6, 6.07) is 0.862. The van der Waals surface area contributed by atoms with Gasteiger partial charge < -0.3 is 4.90 Å². The zero-order valence-corrected chi connectivity index (χ0v) is 7.06. The Labute approximate surface area is 63.4 Å². The Morgan fingerprint density at radius 2 is 2.00 bits per heavy atom. The topological polar surface area (TPSA) is 3.24 Å². The molecule has 0 radical (unpaired) electrons. The minimum Gasteiger partial charge on any atom is -0.303 e. The maximum atomic E-state index is 2.51. The second kappa shape index (κ2) is 1.97. The fraction of sp³-hybridized carbons (Fsp3) is 1.00. The van der Waals surface area contributed by atoms with Crippen molar-refractivity contribution in [2.75, 3.05) is 13.6 Å². The predicted octanol–water partition coefficient (Wildman–Crippen LogP) is 1.88. The van der Waals surface area contributed by atoms with Gasteiger partial charge in [0.05, 0.1) is 0 Å². The molecule has 0 N–H and O–H groups in total. The lowest BCUT2D eigenvalue weighted by Crippen LogP contribution is -2.40. The summed E-state index contributed by atoms with van der Waals surface area (Å²) in [5.41, 5.74) is 0.773. The molecule has 0 aromatic rings. The summed E-state index contributed by atoms with van der Waals surface area (Å²) in [6.07, 6.45) is 5.94. The van der Waals surface area contributed by atoms with Gasteiger partial charge in [0.15, 0.2) is 0 Å². The summed E-state index contributed by atoms with van der Waals surface area (Å²) >= 11 is 0. The summed E-state index contributed by atoms with van der Waals surface area (Å²) in [4.78, 5) is 2.51. The molecule has 1 saturated carbocycles. The van der Waals surface area contributed by atoms with E-state index in [9.17, 15) is 0 Å². The van der Waals surface area contributed by atoms with Gasteiger partial charge in [0.25, 0.3) is 0 Å². The van der Waals surface area contributed by atoms with Gasteiger partial charge in [0.1, 0.15) is 0 Å². The summed E-state index contributed by atoms with van der Waals surface area (Å²) in [5, 5.41) is 0. The molecule has 10 heavy (non-hydrogen) atoms. The Bertz CT molecular complexity index is 138. The third-order valence-electron chi connectivity index (χ3n) is 3.86. The van der Waals surface area contributed by atoms with Gasteiger partial charge in [-0.25, -0.2) is 0 Å². The molecule has 1 spiro atoms. The van der Waals surface area contributed by atoms with Gasteiger partial charge in [-0.2, -0.15) is 0 Å². The van der Waals surface area contributed by atoms with Crippen molar-refractivity contribution >= 4 is 0 Å². The highest BCUT2D eigenvalue weighted by molar-refractivity contribution is 5.00. The molecule has 1 aliphatic heterocycles. The van der Waals surface area contributed by atoms with Crippen LogP contribution in [0.5, 0.6) is 0 Å². The van der Waals surface area contributed by atoms with Crippen molar-refractivity contribution in [1.82, 2.24) is 4.90 Å². The molecule has 0 aromatic heterocycles. The average molecular weight is 139 g/mol. The van der Waals surface area contributed by atoms with Gasteiger partial charge in [-0.05, 0) is 45.2 Å². The van der Waals surface area contributed by atoms with Gasteiger partial charge in [-0.3, -0.25) is 0 Å². The minimum absolute atomic E-state index is 0.773. The monoisotopic (exact) mass is 139 g/mol. The van der Waals surface area contributed by atoms with Crippen molar-refractivity contribution in [3.63, 3.8) is 0 Å². The second-order valence-electron chi connectivity index (χ2n) is 4.12. The van der Waals surface area contributed by atoms with E-state index in [2.05, 4.69) is 18.9 Å². The van der Waals surface area contributed by atoms with Crippen LogP contribution in [0.3, 0.4) is 0 Å². The lowest BCUT2D eigenvalue weighted by molar-refractivity contribution is 0.0896. The molecule has 1 heteroatoms. The fourth-order valence-electron chi connectivity index (χ4n) is 2.57. The van der Waals surface area contributed by atoms with Crippen LogP contribution in [-0.2, 0) is 0 Å². The van der Waals surface area contributed by atoms with Crippen molar-refractivity contribution < 1.29 is 0 Å². The highest BCUT2D eigenvalue weighted by atomic mass is 15.2. The fourth-order valence-corrected chi connectivity index (χ4v) is 2.57. The van der Waals surface area contributed by atoms with Crippen LogP contribution in [-0.4, -0.2) is 24.5 Å². The summed E-state index contributed by atoms with van der Waals surface area (Å²) in [7, 11) is 2.26. The third kappa shape index (κ3) is 0.672. The number of likely N-dealkylation sites (tertiary alicyclic amines) is 1. The molecule has 0 aromatic carbocycles. The van der Waals surface area contributed by atoms with Crippen LogP contribution in [0.25, 0.3) is 0 Å². The molecule has 1 aliphatic carbocycles. The first-order valence-corrected chi connectivity index (χ1v) is 4.45. The van der Waals surface area contributed by atoms with Crippen LogP contribution in [0.15, 0.2) is 0 Å². The summed E-state index contributed by atoms with van der Waals surface area (Å²) in [5.74, 6) is 0. The largest absolute Gasteiger partial charge is 0.303 e. The summed E-state index contributed by atoms with van der Waals surface area (Å²) < 4.78 is 0. The molecule has 1 heterocycles. The van der Waals surface area contributed by atoms with Crippen molar-refractivity contribution in [1.29, 1.82) is 0 Å². The lowest BCUT2D eigenvalue weighted by Gasteiger charge is -2.43. The van der Waals surface area contributed by atoms with E-state index in [4.69, 9.17) is 0 Å². The van der Waals surface area contributed by atoms with Gasteiger partial charge in [-0.15, -0.1) is 0 Å². The Morgan fingerprint density at radius 3 is 2.20 bits per heavy atom. The molecule has 1 nitrogen and oxygen atoms in total. The Hall–Kier alpha value is -0.0400. The molecule has 1 unspecified atom stereocenters. The zero-order chi connectivity index (χ0) is 7.19. The highest BCUT2D eigenvalue weighted by Gasteiger charge is 2.47. The maximum absolute atomic E-state index is 2.51. The smallest absolute Gasteiger partial charge is 0.0121 e. The van der Waals surface area contributed by atoms with Crippen LogP contribution in [0.1, 0.15) is 32.6 Å². The quantitative estimate of drug-likeness (QED) is 0.495. The zero-order valence-electron chi connectivity index (χ0n) is 7.06.